The summed E-state index contributed by atoms with van der Waals surface area (Å²) in [5, 5.41) is 6.60. The summed E-state index contributed by atoms with van der Waals surface area (Å²) in [6.45, 7) is 2.70. The van der Waals surface area contributed by atoms with Gasteiger partial charge in [0.15, 0.2) is 0 Å². The van der Waals surface area contributed by atoms with Crippen molar-refractivity contribution in [1.29, 1.82) is 0 Å². The lowest BCUT2D eigenvalue weighted by atomic mass is 10.0. The van der Waals surface area contributed by atoms with Gasteiger partial charge in [-0.1, -0.05) is 55.5 Å². The molecule has 0 fully saturated rings. The van der Waals surface area contributed by atoms with Crippen LogP contribution in [0, 0.1) is 0 Å². The lowest BCUT2D eigenvalue weighted by molar-refractivity contribution is -0.123. The van der Waals surface area contributed by atoms with E-state index < -0.39 is 12.1 Å². The zero-order valence-electron chi connectivity index (χ0n) is 15.9. The van der Waals surface area contributed by atoms with Crippen LogP contribution < -0.4 is 10.6 Å². The fourth-order valence-electron chi connectivity index (χ4n) is 3.01. The van der Waals surface area contributed by atoms with Crippen LogP contribution in [0.15, 0.2) is 60.8 Å². The Morgan fingerprint density at radius 3 is 2.61 bits per heavy atom. The number of amides is 2. The van der Waals surface area contributed by atoms with Crippen LogP contribution >= 0.6 is 0 Å². The number of nitrogens with one attached hydrogen (secondary N) is 3. The Balaban J connectivity index is 1.67. The Bertz CT molecular complexity index is 921. The monoisotopic (exact) mass is 379 g/mol. The third kappa shape index (κ3) is 5.13. The minimum Gasteiger partial charge on any atom is -0.445 e. The molecule has 0 aliphatic rings. The molecule has 2 aromatic carbocycles. The van der Waals surface area contributed by atoms with Crippen LogP contribution in [0.25, 0.3) is 10.9 Å². The quantitative estimate of drug-likeness (QED) is 0.560. The van der Waals surface area contributed by atoms with E-state index in [0.29, 0.717) is 13.0 Å². The molecule has 0 aliphatic carbocycles. The number of carbonyl (C=O) groups excluding carboxylic acids is 2. The molecule has 2 amide bonds. The first-order chi connectivity index (χ1) is 13.7. The van der Waals surface area contributed by atoms with Gasteiger partial charge < -0.3 is 20.4 Å². The number of carbonyl (C=O) groups is 2. The summed E-state index contributed by atoms with van der Waals surface area (Å²) < 4.78 is 5.28. The van der Waals surface area contributed by atoms with Crippen molar-refractivity contribution in [2.45, 2.75) is 32.4 Å². The number of benzene rings is 2. The van der Waals surface area contributed by atoms with Gasteiger partial charge >= 0.3 is 6.09 Å². The number of hydrogen-bond donors (Lipinski definition) is 3. The molecule has 0 unspecified atom stereocenters. The molecule has 0 saturated heterocycles. The Morgan fingerprint density at radius 2 is 1.82 bits per heavy atom. The fourth-order valence-corrected chi connectivity index (χ4v) is 3.01. The Hall–Kier alpha value is -3.28. The molecule has 0 saturated carbocycles. The highest BCUT2D eigenvalue weighted by Crippen LogP contribution is 2.19. The fraction of sp³-hybridized carbons (Fsp3) is 0.273. The number of aromatic nitrogens is 1. The number of hydrogen-bond acceptors (Lipinski definition) is 3. The molecule has 1 aromatic heterocycles. The first kappa shape index (κ1) is 19.5. The first-order valence-electron chi connectivity index (χ1n) is 9.47. The summed E-state index contributed by atoms with van der Waals surface area (Å²) in [5.41, 5.74) is 2.86. The SMILES string of the molecule is CCCNC(=O)[C@H](Cc1c[nH]c2ccccc12)NC(=O)OCc1ccccc1. The molecule has 0 radical (unpaired) electrons. The molecule has 3 rings (SSSR count). The molecule has 6 heteroatoms. The van der Waals surface area contributed by atoms with Crippen LogP contribution in [0.5, 0.6) is 0 Å². The van der Waals surface area contributed by atoms with Gasteiger partial charge in [-0.2, -0.15) is 0 Å². The summed E-state index contributed by atoms with van der Waals surface area (Å²) in [5.74, 6) is -0.219. The zero-order chi connectivity index (χ0) is 19.8. The number of aromatic amines is 1. The van der Waals surface area contributed by atoms with E-state index in [4.69, 9.17) is 4.74 Å². The normalized spacial score (nSPS) is 11.8. The van der Waals surface area contributed by atoms with E-state index in [0.717, 1.165) is 28.5 Å². The van der Waals surface area contributed by atoms with Gasteiger partial charge in [-0.3, -0.25) is 4.79 Å². The Kier molecular flexibility index (Phi) is 6.68. The molecule has 6 nitrogen and oxygen atoms in total. The third-order valence-electron chi connectivity index (χ3n) is 4.47. The lowest BCUT2D eigenvalue weighted by Crippen LogP contribution is -2.48. The van der Waals surface area contributed by atoms with Crippen LogP contribution in [0.3, 0.4) is 0 Å². The smallest absolute Gasteiger partial charge is 0.408 e. The molecule has 3 aromatic rings. The number of H-pyrrole nitrogens is 1. The van der Waals surface area contributed by atoms with E-state index in [2.05, 4.69) is 15.6 Å². The number of ether oxygens (including phenoxy) is 1. The van der Waals surface area contributed by atoms with Gasteiger partial charge in [0.05, 0.1) is 0 Å². The second kappa shape index (κ2) is 9.60. The van der Waals surface area contributed by atoms with Gasteiger partial charge in [0.1, 0.15) is 12.6 Å². The van der Waals surface area contributed by atoms with Crippen molar-refractivity contribution >= 4 is 22.9 Å². The van der Waals surface area contributed by atoms with Crippen molar-refractivity contribution < 1.29 is 14.3 Å². The van der Waals surface area contributed by atoms with Crippen LogP contribution in [-0.4, -0.2) is 29.6 Å². The Labute approximate surface area is 164 Å². The molecule has 0 aliphatic heterocycles. The van der Waals surface area contributed by atoms with Crippen molar-refractivity contribution in [3.05, 3.63) is 71.9 Å². The van der Waals surface area contributed by atoms with E-state index >= 15 is 0 Å². The Morgan fingerprint density at radius 1 is 1.07 bits per heavy atom. The number of rotatable bonds is 8. The van der Waals surface area contributed by atoms with E-state index in [1.807, 2.05) is 67.7 Å². The summed E-state index contributed by atoms with van der Waals surface area (Å²) in [6, 6.07) is 16.6. The lowest BCUT2D eigenvalue weighted by Gasteiger charge is -2.18. The van der Waals surface area contributed by atoms with Crippen LogP contribution in [0.1, 0.15) is 24.5 Å². The van der Waals surface area contributed by atoms with Gasteiger partial charge in [-0.25, -0.2) is 4.79 Å². The molecule has 0 bridgehead atoms. The highest BCUT2D eigenvalue weighted by Gasteiger charge is 2.23. The largest absolute Gasteiger partial charge is 0.445 e. The molecule has 146 valence electrons. The predicted octanol–water partition coefficient (Wildman–Crippen LogP) is 3.53. The summed E-state index contributed by atoms with van der Waals surface area (Å²) >= 11 is 0. The molecule has 1 heterocycles. The van der Waals surface area contributed by atoms with Crippen molar-refractivity contribution in [2.24, 2.45) is 0 Å². The van der Waals surface area contributed by atoms with Gasteiger partial charge in [-0.05, 0) is 23.6 Å². The maximum Gasteiger partial charge on any atom is 0.408 e. The van der Waals surface area contributed by atoms with Gasteiger partial charge in [0.25, 0.3) is 0 Å². The van der Waals surface area contributed by atoms with Crippen LogP contribution in [-0.2, 0) is 22.6 Å². The molecular weight excluding hydrogens is 354 g/mol. The second-order valence-electron chi connectivity index (χ2n) is 6.61. The predicted molar refractivity (Wildman–Crippen MR) is 109 cm³/mol. The van der Waals surface area contributed by atoms with E-state index in [1.165, 1.54) is 0 Å². The molecule has 0 spiro atoms. The van der Waals surface area contributed by atoms with Gasteiger partial charge in [-0.15, -0.1) is 0 Å². The minimum atomic E-state index is -0.714. The summed E-state index contributed by atoms with van der Waals surface area (Å²) in [7, 11) is 0. The van der Waals surface area contributed by atoms with Gasteiger partial charge in [0, 0.05) is 30.1 Å². The third-order valence-corrected chi connectivity index (χ3v) is 4.47. The van der Waals surface area contributed by atoms with Crippen molar-refractivity contribution in [2.75, 3.05) is 6.54 Å². The maximum absolute atomic E-state index is 12.6. The number of fused-ring (bicyclic) bond motifs is 1. The second-order valence-corrected chi connectivity index (χ2v) is 6.61. The molecule has 1 atom stereocenters. The minimum absolute atomic E-state index is 0.156. The van der Waals surface area contributed by atoms with Crippen molar-refractivity contribution in [1.82, 2.24) is 15.6 Å². The van der Waals surface area contributed by atoms with Crippen molar-refractivity contribution in [3.63, 3.8) is 0 Å². The highest BCUT2D eigenvalue weighted by atomic mass is 16.5. The molecule has 28 heavy (non-hydrogen) atoms. The van der Waals surface area contributed by atoms with E-state index in [1.54, 1.807) is 0 Å². The highest BCUT2D eigenvalue weighted by molar-refractivity contribution is 5.88. The van der Waals surface area contributed by atoms with Crippen LogP contribution in [0.4, 0.5) is 4.79 Å². The van der Waals surface area contributed by atoms with Crippen molar-refractivity contribution in [3.8, 4) is 0 Å². The average molecular weight is 379 g/mol. The number of alkyl carbamates (subject to hydrolysis) is 1. The standard InChI is InChI=1S/C22H25N3O3/c1-2-12-23-21(26)20(13-17-14-24-19-11-7-6-10-18(17)19)25-22(27)28-15-16-8-4-3-5-9-16/h3-11,14,20,24H,2,12-13,15H2,1H3,(H,23,26)(H,25,27)/t20-/m0/s1. The average Bonchev–Trinajstić information content (AvgIpc) is 3.13. The topological polar surface area (TPSA) is 83.2 Å². The summed E-state index contributed by atoms with van der Waals surface area (Å²) in [4.78, 5) is 28.1. The van der Waals surface area contributed by atoms with E-state index in [-0.39, 0.29) is 12.5 Å². The van der Waals surface area contributed by atoms with Crippen LogP contribution in [0.2, 0.25) is 0 Å². The summed E-state index contributed by atoms with van der Waals surface area (Å²) in [6.07, 6.45) is 2.46. The first-order valence-corrected chi connectivity index (χ1v) is 9.47. The van der Waals surface area contributed by atoms with E-state index in [9.17, 15) is 9.59 Å². The maximum atomic E-state index is 12.6. The molecule has 3 N–H and O–H groups in total. The van der Waals surface area contributed by atoms with Gasteiger partial charge in [0.2, 0.25) is 5.91 Å². The zero-order valence-corrected chi connectivity index (χ0v) is 15.9. The number of para-hydroxylation sites is 1. The molecular formula is C22H25N3O3.